The summed E-state index contributed by atoms with van der Waals surface area (Å²) in [5.74, 6) is -0.500. The molecule has 18 heavy (non-hydrogen) atoms. The average molecular weight is 273 g/mol. The Hall–Kier alpha value is -0.980. The zero-order valence-corrected chi connectivity index (χ0v) is 10.7. The van der Waals surface area contributed by atoms with Gasteiger partial charge in [0, 0.05) is 6.54 Å². The van der Waals surface area contributed by atoms with E-state index < -0.39 is 21.9 Å². The molecule has 0 saturated heterocycles. The molecule has 1 aromatic carbocycles. The van der Waals surface area contributed by atoms with E-state index in [9.17, 15) is 17.9 Å². The molecule has 2 N–H and O–H groups in total. The number of aliphatic hydroxyl groups is 1. The molecule has 100 valence electrons. The number of sulfonamides is 1. The molecule has 2 atom stereocenters. The Kier molecular flexibility index (Phi) is 3.99. The van der Waals surface area contributed by atoms with Gasteiger partial charge in [-0.25, -0.2) is 17.5 Å². The van der Waals surface area contributed by atoms with Crippen molar-refractivity contribution in [2.24, 2.45) is 5.92 Å². The third-order valence-corrected chi connectivity index (χ3v) is 4.72. The van der Waals surface area contributed by atoms with Crippen molar-refractivity contribution in [1.82, 2.24) is 4.72 Å². The van der Waals surface area contributed by atoms with Crippen LogP contribution >= 0.6 is 0 Å². The number of rotatable bonds is 4. The van der Waals surface area contributed by atoms with Crippen molar-refractivity contribution in [3.8, 4) is 0 Å². The number of halogens is 1. The van der Waals surface area contributed by atoms with Crippen molar-refractivity contribution in [2.45, 2.75) is 30.3 Å². The topological polar surface area (TPSA) is 66.4 Å². The zero-order valence-electron chi connectivity index (χ0n) is 9.84. The van der Waals surface area contributed by atoms with Gasteiger partial charge in [0.15, 0.2) is 0 Å². The van der Waals surface area contributed by atoms with E-state index in [1.165, 1.54) is 12.1 Å². The van der Waals surface area contributed by atoms with E-state index in [2.05, 4.69) is 4.72 Å². The van der Waals surface area contributed by atoms with Gasteiger partial charge >= 0.3 is 0 Å². The van der Waals surface area contributed by atoms with Gasteiger partial charge in [-0.2, -0.15) is 0 Å². The minimum absolute atomic E-state index is 0.0276. The van der Waals surface area contributed by atoms with E-state index in [-0.39, 0.29) is 17.4 Å². The maximum atomic E-state index is 12.7. The van der Waals surface area contributed by atoms with Crippen LogP contribution in [0.3, 0.4) is 0 Å². The maximum absolute atomic E-state index is 12.7. The molecule has 0 spiro atoms. The lowest BCUT2D eigenvalue weighted by molar-refractivity contribution is 0.134. The second-order valence-corrected chi connectivity index (χ2v) is 6.33. The van der Waals surface area contributed by atoms with Crippen molar-refractivity contribution in [3.05, 3.63) is 30.1 Å². The fraction of sp³-hybridized carbons (Fsp3) is 0.500. The quantitative estimate of drug-likeness (QED) is 0.868. The number of hydrogen-bond acceptors (Lipinski definition) is 3. The van der Waals surface area contributed by atoms with E-state index in [1.807, 2.05) is 0 Å². The predicted octanol–water partition coefficient (Wildman–Crippen LogP) is 1.26. The van der Waals surface area contributed by atoms with Crippen LogP contribution in [-0.2, 0) is 10.0 Å². The number of aliphatic hydroxyl groups excluding tert-OH is 1. The minimum atomic E-state index is -3.62. The molecule has 1 aromatic rings. The summed E-state index contributed by atoms with van der Waals surface area (Å²) in [6, 6.07) is 4.67. The first-order chi connectivity index (χ1) is 8.49. The summed E-state index contributed by atoms with van der Waals surface area (Å²) >= 11 is 0. The molecule has 1 saturated carbocycles. The van der Waals surface area contributed by atoms with Gasteiger partial charge in [0.25, 0.3) is 0 Å². The molecular formula is C12H16FNO3S. The van der Waals surface area contributed by atoms with Gasteiger partial charge in [0.1, 0.15) is 5.82 Å². The Morgan fingerprint density at radius 2 is 1.94 bits per heavy atom. The van der Waals surface area contributed by atoms with Crippen LogP contribution in [-0.4, -0.2) is 26.2 Å². The Balaban J connectivity index is 2.01. The van der Waals surface area contributed by atoms with Crippen LogP contribution in [0.2, 0.25) is 0 Å². The molecule has 6 heteroatoms. The fourth-order valence-electron chi connectivity index (χ4n) is 2.17. The normalized spacial score (nSPS) is 24.3. The van der Waals surface area contributed by atoms with Crippen LogP contribution < -0.4 is 4.72 Å². The largest absolute Gasteiger partial charge is 0.393 e. The average Bonchev–Trinajstić information content (AvgIpc) is 2.73. The van der Waals surface area contributed by atoms with Gasteiger partial charge in [-0.3, -0.25) is 0 Å². The van der Waals surface area contributed by atoms with Crippen molar-refractivity contribution >= 4 is 10.0 Å². The van der Waals surface area contributed by atoms with Crippen LogP contribution in [0.25, 0.3) is 0 Å². The van der Waals surface area contributed by atoms with E-state index in [0.29, 0.717) is 0 Å². The van der Waals surface area contributed by atoms with Crippen molar-refractivity contribution in [3.63, 3.8) is 0 Å². The van der Waals surface area contributed by atoms with Crippen LogP contribution in [0.4, 0.5) is 4.39 Å². The molecule has 0 radical (unpaired) electrons. The third kappa shape index (κ3) is 3.07. The molecule has 1 aliphatic rings. The summed E-state index contributed by atoms with van der Waals surface area (Å²) in [6.07, 6.45) is 2.04. The molecule has 0 aromatic heterocycles. The van der Waals surface area contributed by atoms with Crippen LogP contribution in [0.1, 0.15) is 19.3 Å². The van der Waals surface area contributed by atoms with E-state index in [1.54, 1.807) is 0 Å². The standard InChI is InChI=1S/C12H16FNO3S/c13-10-4-6-11(7-5-10)18(16,17)14-8-9-2-1-3-12(9)15/h4-7,9,12,14-15H,1-3,8H2. The van der Waals surface area contributed by atoms with Crippen LogP contribution in [0, 0.1) is 11.7 Å². The molecule has 1 aliphatic carbocycles. The van der Waals surface area contributed by atoms with E-state index >= 15 is 0 Å². The highest BCUT2D eigenvalue weighted by molar-refractivity contribution is 7.89. The lowest BCUT2D eigenvalue weighted by atomic mass is 10.1. The van der Waals surface area contributed by atoms with E-state index in [0.717, 1.165) is 31.4 Å². The van der Waals surface area contributed by atoms with Gasteiger partial charge in [-0.1, -0.05) is 6.42 Å². The predicted molar refractivity (Wildman–Crippen MR) is 64.9 cm³/mol. The maximum Gasteiger partial charge on any atom is 0.240 e. The Morgan fingerprint density at radius 1 is 1.28 bits per heavy atom. The highest BCUT2D eigenvalue weighted by atomic mass is 32.2. The van der Waals surface area contributed by atoms with Gasteiger partial charge < -0.3 is 5.11 Å². The summed E-state index contributed by atoms with van der Waals surface area (Å²) in [4.78, 5) is 0.0383. The number of benzene rings is 1. The SMILES string of the molecule is O=S(=O)(NCC1CCCC1O)c1ccc(F)cc1. The van der Waals surface area contributed by atoms with Gasteiger partial charge in [0.2, 0.25) is 10.0 Å². The molecule has 4 nitrogen and oxygen atoms in total. The summed E-state index contributed by atoms with van der Waals surface area (Å²) in [6.45, 7) is 0.223. The van der Waals surface area contributed by atoms with Gasteiger partial charge in [0.05, 0.1) is 11.0 Å². The molecule has 0 bridgehead atoms. The van der Waals surface area contributed by atoms with Gasteiger partial charge in [-0.05, 0) is 43.0 Å². The molecule has 0 amide bonds. The second-order valence-electron chi connectivity index (χ2n) is 4.56. The third-order valence-electron chi connectivity index (χ3n) is 3.28. The lowest BCUT2D eigenvalue weighted by Gasteiger charge is -2.15. The number of nitrogens with one attached hydrogen (secondary N) is 1. The first-order valence-electron chi connectivity index (χ1n) is 5.92. The van der Waals surface area contributed by atoms with Crippen molar-refractivity contribution in [1.29, 1.82) is 0 Å². The van der Waals surface area contributed by atoms with Crippen molar-refractivity contribution in [2.75, 3.05) is 6.54 Å². The van der Waals surface area contributed by atoms with Crippen molar-refractivity contribution < 1.29 is 17.9 Å². The summed E-state index contributed by atoms with van der Waals surface area (Å²) in [5.41, 5.74) is 0. The molecule has 1 fully saturated rings. The zero-order chi connectivity index (χ0) is 13.2. The Labute approximate surface area is 106 Å². The Bertz CT molecular complexity index is 501. The van der Waals surface area contributed by atoms with Crippen LogP contribution in [0.5, 0.6) is 0 Å². The lowest BCUT2D eigenvalue weighted by Crippen LogP contribution is -2.32. The highest BCUT2D eigenvalue weighted by Gasteiger charge is 2.26. The molecule has 2 rings (SSSR count). The minimum Gasteiger partial charge on any atom is -0.393 e. The smallest absolute Gasteiger partial charge is 0.240 e. The number of hydrogen-bond donors (Lipinski definition) is 2. The van der Waals surface area contributed by atoms with E-state index in [4.69, 9.17) is 0 Å². The van der Waals surface area contributed by atoms with Crippen LogP contribution in [0.15, 0.2) is 29.2 Å². The highest BCUT2D eigenvalue weighted by Crippen LogP contribution is 2.25. The molecule has 0 heterocycles. The fourth-order valence-corrected chi connectivity index (χ4v) is 3.26. The molecule has 0 aliphatic heterocycles. The first-order valence-corrected chi connectivity index (χ1v) is 7.40. The first kappa shape index (κ1) is 13.5. The van der Waals surface area contributed by atoms with Gasteiger partial charge in [-0.15, -0.1) is 0 Å². The monoisotopic (exact) mass is 273 g/mol. The summed E-state index contributed by atoms with van der Waals surface area (Å²) in [5, 5.41) is 9.61. The Morgan fingerprint density at radius 3 is 2.50 bits per heavy atom. The summed E-state index contributed by atoms with van der Waals surface area (Å²) < 4.78 is 38.9. The summed E-state index contributed by atoms with van der Waals surface area (Å²) in [7, 11) is -3.62. The molecule has 2 unspecified atom stereocenters. The second kappa shape index (κ2) is 5.34. The molecular weight excluding hydrogens is 257 g/mol.